The van der Waals surface area contributed by atoms with Gasteiger partial charge in [-0.1, -0.05) is 19.8 Å². The molecule has 26 heavy (non-hydrogen) atoms. The van der Waals surface area contributed by atoms with Crippen molar-refractivity contribution in [2.45, 2.75) is 39.0 Å². The summed E-state index contributed by atoms with van der Waals surface area (Å²) in [7, 11) is -3.34. The summed E-state index contributed by atoms with van der Waals surface area (Å²) in [5, 5.41) is 2.71. The zero-order chi connectivity index (χ0) is 19.2. The van der Waals surface area contributed by atoms with Crippen molar-refractivity contribution in [1.82, 2.24) is 5.32 Å². The lowest BCUT2D eigenvalue weighted by atomic mass is 10.0. The molecule has 0 radical (unpaired) electrons. The number of esters is 1. The lowest BCUT2D eigenvalue weighted by Gasteiger charge is -2.29. The number of benzene rings is 1. The topological polar surface area (TPSA) is 92.8 Å². The van der Waals surface area contributed by atoms with Gasteiger partial charge in [-0.05, 0) is 43.0 Å². The maximum absolute atomic E-state index is 12.2. The van der Waals surface area contributed by atoms with E-state index in [1.54, 1.807) is 12.1 Å². The molecule has 0 bridgehead atoms. The van der Waals surface area contributed by atoms with Gasteiger partial charge in [-0.3, -0.25) is 9.10 Å². The van der Waals surface area contributed by atoms with Crippen LogP contribution in [0.25, 0.3) is 0 Å². The largest absolute Gasteiger partial charge is 0.452 e. The normalized spacial score (nSPS) is 13.8. The van der Waals surface area contributed by atoms with E-state index in [0.29, 0.717) is 37.2 Å². The van der Waals surface area contributed by atoms with Crippen LogP contribution in [-0.2, 0) is 26.0 Å². The minimum absolute atomic E-state index is 0.317. The van der Waals surface area contributed by atoms with E-state index in [1.807, 2.05) is 0 Å². The Labute approximate surface area is 154 Å². The van der Waals surface area contributed by atoms with Crippen LogP contribution in [0.2, 0.25) is 0 Å². The number of rotatable bonds is 8. The molecule has 1 aromatic rings. The van der Waals surface area contributed by atoms with Crippen LogP contribution in [0.4, 0.5) is 5.69 Å². The van der Waals surface area contributed by atoms with Crippen molar-refractivity contribution in [1.29, 1.82) is 0 Å². The maximum atomic E-state index is 12.2. The summed E-state index contributed by atoms with van der Waals surface area (Å²) in [6.07, 6.45) is 5.57. The molecule has 0 atom stereocenters. The first-order chi connectivity index (χ1) is 12.3. The number of sulfonamides is 1. The smallest absolute Gasteiger partial charge is 0.338 e. The third kappa shape index (κ3) is 5.45. The van der Waals surface area contributed by atoms with Crippen molar-refractivity contribution in [3.05, 3.63) is 29.3 Å². The predicted molar refractivity (Wildman–Crippen MR) is 99.8 cm³/mol. The van der Waals surface area contributed by atoms with Gasteiger partial charge in [0.25, 0.3) is 5.91 Å². The van der Waals surface area contributed by atoms with E-state index < -0.39 is 16.0 Å². The molecule has 1 heterocycles. The van der Waals surface area contributed by atoms with Gasteiger partial charge in [0.05, 0.1) is 17.5 Å². The number of nitrogens with zero attached hydrogens (tertiary/aromatic N) is 1. The number of hydrogen-bond donors (Lipinski definition) is 1. The van der Waals surface area contributed by atoms with E-state index >= 15 is 0 Å². The van der Waals surface area contributed by atoms with Crippen LogP contribution in [-0.4, -0.2) is 46.2 Å². The number of fused-ring (bicyclic) bond motifs is 1. The summed E-state index contributed by atoms with van der Waals surface area (Å²) in [6.45, 7) is 2.77. The lowest BCUT2D eigenvalue weighted by molar-refractivity contribution is -0.124. The van der Waals surface area contributed by atoms with E-state index in [9.17, 15) is 18.0 Å². The Morgan fingerprint density at radius 2 is 2.04 bits per heavy atom. The van der Waals surface area contributed by atoms with Crippen LogP contribution in [0.15, 0.2) is 18.2 Å². The molecule has 1 aromatic carbocycles. The fourth-order valence-corrected chi connectivity index (χ4v) is 3.90. The minimum atomic E-state index is -3.34. The molecule has 144 valence electrons. The van der Waals surface area contributed by atoms with Crippen molar-refractivity contribution in [3.63, 3.8) is 0 Å². The van der Waals surface area contributed by atoms with Gasteiger partial charge in [-0.15, -0.1) is 0 Å². The number of amides is 1. The van der Waals surface area contributed by atoms with Crippen molar-refractivity contribution in [3.8, 4) is 0 Å². The molecule has 0 aliphatic carbocycles. The van der Waals surface area contributed by atoms with Gasteiger partial charge in [-0.25, -0.2) is 13.2 Å². The number of hydrogen-bond acceptors (Lipinski definition) is 5. The van der Waals surface area contributed by atoms with Crippen molar-refractivity contribution >= 4 is 27.6 Å². The fraction of sp³-hybridized carbons (Fsp3) is 0.556. The van der Waals surface area contributed by atoms with Crippen LogP contribution >= 0.6 is 0 Å². The summed E-state index contributed by atoms with van der Waals surface area (Å²) in [5.74, 6) is -0.913. The standard InChI is InChI=1S/C18H26N2O5S/c1-3-4-5-10-19-17(21)13-25-18(22)15-8-9-16-14(12-15)7-6-11-20(16)26(2,23)24/h8-9,12H,3-7,10-11,13H2,1-2H3,(H,19,21). The van der Waals surface area contributed by atoms with Crippen molar-refractivity contribution in [2.24, 2.45) is 0 Å². The number of carbonyl (C=O) groups is 2. The molecule has 0 spiro atoms. The zero-order valence-electron chi connectivity index (χ0n) is 15.3. The quantitative estimate of drug-likeness (QED) is 0.547. The maximum Gasteiger partial charge on any atom is 0.338 e. The highest BCUT2D eigenvalue weighted by Gasteiger charge is 2.25. The number of aryl methyl sites for hydroxylation is 1. The van der Waals surface area contributed by atoms with Gasteiger partial charge in [0.1, 0.15) is 0 Å². The first-order valence-corrected chi connectivity index (χ1v) is 10.7. The third-order valence-corrected chi connectivity index (χ3v) is 5.41. The SMILES string of the molecule is CCCCCNC(=O)COC(=O)c1ccc2c(c1)CCCN2S(C)(=O)=O. The van der Waals surface area contributed by atoms with Gasteiger partial charge in [0.2, 0.25) is 10.0 Å². The minimum Gasteiger partial charge on any atom is -0.452 e. The Hall–Kier alpha value is -2.09. The van der Waals surface area contributed by atoms with E-state index in [2.05, 4.69) is 12.2 Å². The molecule has 0 unspecified atom stereocenters. The molecule has 1 N–H and O–H groups in total. The molecule has 2 rings (SSSR count). The van der Waals surface area contributed by atoms with E-state index in [-0.39, 0.29) is 12.5 Å². The van der Waals surface area contributed by atoms with E-state index in [1.165, 1.54) is 16.6 Å². The molecular formula is C18H26N2O5S. The Morgan fingerprint density at radius 1 is 1.27 bits per heavy atom. The second kappa shape index (κ2) is 9.02. The van der Waals surface area contributed by atoms with Crippen LogP contribution in [0, 0.1) is 0 Å². The number of unbranched alkanes of at least 4 members (excludes halogenated alkanes) is 2. The van der Waals surface area contributed by atoms with Gasteiger partial charge in [0.15, 0.2) is 6.61 Å². The highest BCUT2D eigenvalue weighted by atomic mass is 32.2. The highest BCUT2D eigenvalue weighted by molar-refractivity contribution is 7.92. The van der Waals surface area contributed by atoms with E-state index in [0.717, 1.165) is 24.8 Å². The number of carbonyl (C=O) groups excluding carboxylic acids is 2. The van der Waals surface area contributed by atoms with Gasteiger partial charge in [-0.2, -0.15) is 0 Å². The Morgan fingerprint density at radius 3 is 2.73 bits per heavy atom. The molecule has 0 saturated heterocycles. The van der Waals surface area contributed by atoms with E-state index in [4.69, 9.17) is 4.74 Å². The predicted octanol–water partition coefficient (Wildman–Crippen LogP) is 1.86. The zero-order valence-corrected chi connectivity index (χ0v) is 16.1. The molecule has 8 heteroatoms. The lowest BCUT2D eigenvalue weighted by Crippen LogP contribution is -2.34. The summed E-state index contributed by atoms with van der Waals surface area (Å²) in [5.41, 5.74) is 1.71. The summed E-state index contributed by atoms with van der Waals surface area (Å²) in [4.78, 5) is 23.8. The molecule has 1 aliphatic heterocycles. The fourth-order valence-electron chi connectivity index (χ4n) is 2.90. The summed E-state index contributed by atoms with van der Waals surface area (Å²) < 4.78 is 30.1. The second-order valence-electron chi connectivity index (χ2n) is 6.42. The van der Waals surface area contributed by atoms with Crippen molar-refractivity contribution < 1.29 is 22.7 Å². The van der Waals surface area contributed by atoms with Gasteiger partial charge < -0.3 is 10.1 Å². The number of anilines is 1. The molecule has 1 aliphatic rings. The van der Waals surface area contributed by atoms with Crippen molar-refractivity contribution in [2.75, 3.05) is 30.3 Å². The van der Waals surface area contributed by atoms with Gasteiger partial charge >= 0.3 is 5.97 Å². The number of ether oxygens (including phenoxy) is 1. The van der Waals surface area contributed by atoms with Gasteiger partial charge in [0, 0.05) is 13.1 Å². The molecule has 7 nitrogen and oxygen atoms in total. The average molecular weight is 382 g/mol. The highest BCUT2D eigenvalue weighted by Crippen LogP contribution is 2.30. The van der Waals surface area contributed by atoms with Crippen LogP contribution < -0.4 is 9.62 Å². The molecule has 0 aromatic heterocycles. The first kappa shape index (κ1) is 20.2. The summed E-state index contributed by atoms with van der Waals surface area (Å²) >= 11 is 0. The summed E-state index contributed by atoms with van der Waals surface area (Å²) in [6, 6.07) is 4.80. The Balaban J connectivity index is 1.95. The second-order valence-corrected chi connectivity index (χ2v) is 8.32. The molecular weight excluding hydrogens is 356 g/mol. The average Bonchev–Trinajstić information content (AvgIpc) is 2.61. The Bertz CT molecular complexity index is 761. The monoisotopic (exact) mass is 382 g/mol. The molecule has 0 fully saturated rings. The Kier molecular flexibility index (Phi) is 7.02. The van der Waals surface area contributed by atoms with Crippen LogP contribution in [0.5, 0.6) is 0 Å². The first-order valence-electron chi connectivity index (χ1n) is 8.87. The van der Waals surface area contributed by atoms with Crippen LogP contribution in [0.1, 0.15) is 48.5 Å². The van der Waals surface area contributed by atoms with Crippen LogP contribution in [0.3, 0.4) is 0 Å². The molecule has 0 saturated carbocycles. The molecule has 1 amide bonds. The number of nitrogens with one attached hydrogen (secondary N) is 1. The third-order valence-electron chi connectivity index (χ3n) is 4.23.